The van der Waals surface area contributed by atoms with Crippen LogP contribution >= 0.6 is 0 Å². The molecular formula is C14H20N2O2. The monoisotopic (exact) mass is 248 g/mol. The van der Waals surface area contributed by atoms with Gasteiger partial charge in [0.15, 0.2) is 0 Å². The molecule has 1 amide bonds. The molecule has 0 aliphatic carbocycles. The Balaban J connectivity index is 2.06. The molecule has 1 fully saturated rings. The van der Waals surface area contributed by atoms with E-state index >= 15 is 0 Å². The van der Waals surface area contributed by atoms with Crippen LogP contribution in [0.25, 0.3) is 0 Å². The number of carbonyl (C=O) groups excluding carboxylic acids is 1. The second-order valence-electron chi connectivity index (χ2n) is 4.71. The predicted molar refractivity (Wildman–Crippen MR) is 70.0 cm³/mol. The van der Waals surface area contributed by atoms with Gasteiger partial charge in [0.25, 0.3) is 0 Å². The molecule has 98 valence electrons. The maximum atomic E-state index is 12.3. The highest BCUT2D eigenvalue weighted by molar-refractivity contribution is 5.83. The van der Waals surface area contributed by atoms with Crippen molar-refractivity contribution in [3.05, 3.63) is 35.9 Å². The molecule has 1 unspecified atom stereocenters. The lowest BCUT2D eigenvalue weighted by Crippen LogP contribution is -2.41. The molecule has 0 radical (unpaired) electrons. The van der Waals surface area contributed by atoms with Crippen molar-refractivity contribution in [1.29, 1.82) is 0 Å². The van der Waals surface area contributed by atoms with Gasteiger partial charge in [0.1, 0.15) is 6.04 Å². The Morgan fingerprint density at radius 1 is 1.44 bits per heavy atom. The number of benzene rings is 1. The van der Waals surface area contributed by atoms with Crippen molar-refractivity contribution in [3.63, 3.8) is 0 Å². The number of hydrogen-bond donors (Lipinski definition) is 1. The Labute approximate surface area is 108 Å². The quantitative estimate of drug-likeness (QED) is 0.859. The summed E-state index contributed by atoms with van der Waals surface area (Å²) in [5, 5.41) is 0. The highest BCUT2D eigenvalue weighted by atomic mass is 16.5. The minimum atomic E-state index is -0.573. The van der Waals surface area contributed by atoms with E-state index in [1.54, 1.807) is 0 Å². The van der Waals surface area contributed by atoms with E-state index in [4.69, 9.17) is 10.5 Å². The Morgan fingerprint density at radius 2 is 2.17 bits per heavy atom. The first-order chi connectivity index (χ1) is 8.68. The summed E-state index contributed by atoms with van der Waals surface area (Å²) in [6.45, 7) is 4.05. The number of amides is 1. The largest absolute Gasteiger partial charge is 0.377 e. The number of nitrogens with zero attached hydrogens (tertiary/aromatic N) is 1. The van der Waals surface area contributed by atoms with Gasteiger partial charge < -0.3 is 15.4 Å². The Kier molecular flexibility index (Phi) is 4.33. The van der Waals surface area contributed by atoms with Gasteiger partial charge in [-0.2, -0.15) is 0 Å². The molecule has 0 spiro atoms. The molecule has 1 aromatic carbocycles. The molecule has 4 nitrogen and oxygen atoms in total. The molecule has 0 bridgehead atoms. The lowest BCUT2D eigenvalue weighted by molar-refractivity contribution is -0.133. The summed E-state index contributed by atoms with van der Waals surface area (Å²) in [4.78, 5) is 14.2. The average Bonchev–Trinajstić information content (AvgIpc) is 2.63. The highest BCUT2D eigenvalue weighted by Crippen LogP contribution is 2.15. The van der Waals surface area contributed by atoms with Crippen molar-refractivity contribution in [2.75, 3.05) is 19.7 Å². The summed E-state index contributed by atoms with van der Waals surface area (Å²) in [5.74, 6) is -0.0152. The molecular weight excluding hydrogens is 228 g/mol. The smallest absolute Gasteiger partial charge is 0.244 e. The lowest BCUT2D eigenvalue weighted by atomic mass is 10.1. The second kappa shape index (κ2) is 5.98. The molecule has 2 rings (SSSR count). The molecule has 0 saturated carbocycles. The maximum absolute atomic E-state index is 12.3. The zero-order chi connectivity index (χ0) is 13.0. The Bertz CT molecular complexity index is 394. The Hall–Kier alpha value is -1.39. The third kappa shape index (κ3) is 3.09. The van der Waals surface area contributed by atoms with Crippen LogP contribution in [0.4, 0.5) is 0 Å². The van der Waals surface area contributed by atoms with E-state index in [0.717, 1.165) is 18.5 Å². The summed E-state index contributed by atoms with van der Waals surface area (Å²) in [6.07, 6.45) is 0.955. The SMILES string of the molecule is CC1CN(C(=O)[C@@H](N)c2ccccc2)CCCO1. The van der Waals surface area contributed by atoms with Gasteiger partial charge in [0.05, 0.1) is 6.10 Å². The number of nitrogens with two attached hydrogens (primary N) is 1. The number of carbonyl (C=O) groups is 1. The summed E-state index contributed by atoms with van der Waals surface area (Å²) in [5.41, 5.74) is 6.90. The standard InChI is InChI=1S/C14H20N2O2/c1-11-10-16(8-5-9-18-11)14(17)13(15)12-6-3-2-4-7-12/h2-4,6-7,11,13H,5,8-10,15H2,1H3/t11?,13-/m0/s1. The van der Waals surface area contributed by atoms with Gasteiger partial charge in [-0.25, -0.2) is 0 Å². The van der Waals surface area contributed by atoms with E-state index in [-0.39, 0.29) is 12.0 Å². The van der Waals surface area contributed by atoms with Crippen molar-refractivity contribution in [3.8, 4) is 0 Å². The minimum Gasteiger partial charge on any atom is -0.377 e. The van der Waals surface area contributed by atoms with Gasteiger partial charge in [-0.05, 0) is 18.9 Å². The van der Waals surface area contributed by atoms with Gasteiger partial charge in [-0.1, -0.05) is 30.3 Å². The first kappa shape index (κ1) is 13.1. The molecule has 4 heteroatoms. The van der Waals surface area contributed by atoms with Crippen LogP contribution in [0.15, 0.2) is 30.3 Å². The molecule has 0 aromatic heterocycles. The second-order valence-corrected chi connectivity index (χ2v) is 4.71. The van der Waals surface area contributed by atoms with E-state index < -0.39 is 6.04 Å². The zero-order valence-electron chi connectivity index (χ0n) is 10.7. The number of ether oxygens (including phenoxy) is 1. The summed E-state index contributed by atoms with van der Waals surface area (Å²) >= 11 is 0. The highest BCUT2D eigenvalue weighted by Gasteiger charge is 2.25. The van der Waals surface area contributed by atoms with Crippen LogP contribution in [0.1, 0.15) is 24.9 Å². The van der Waals surface area contributed by atoms with Gasteiger partial charge in [0, 0.05) is 19.7 Å². The van der Waals surface area contributed by atoms with Crippen molar-refractivity contribution in [2.45, 2.75) is 25.5 Å². The molecule has 1 heterocycles. The van der Waals surface area contributed by atoms with Crippen LogP contribution in [0, 0.1) is 0 Å². The summed E-state index contributed by atoms with van der Waals surface area (Å²) < 4.78 is 5.53. The van der Waals surface area contributed by atoms with Gasteiger partial charge >= 0.3 is 0 Å². The third-order valence-corrected chi connectivity index (χ3v) is 3.19. The minimum absolute atomic E-state index is 0.0152. The van der Waals surface area contributed by atoms with Crippen molar-refractivity contribution < 1.29 is 9.53 Å². The van der Waals surface area contributed by atoms with Crippen LogP contribution < -0.4 is 5.73 Å². The normalized spacial score (nSPS) is 22.3. The van der Waals surface area contributed by atoms with E-state index in [2.05, 4.69) is 0 Å². The molecule has 18 heavy (non-hydrogen) atoms. The molecule has 2 atom stereocenters. The van der Waals surface area contributed by atoms with Crippen LogP contribution in [-0.2, 0) is 9.53 Å². The van der Waals surface area contributed by atoms with Crippen LogP contribution in [0.3, 0.4) is 0 Å². The number of rotatable bonds is 2. The molecule has 2 N–H and O–H groups in total. The first-order valence-electron chi connectivity index (χ1n) is 6.39. The van der Waals surface area contributed by atoms with Crippen LogP contribution in [0.5, 0.6) is 0 Å². The zero-order valence-corrected chi connectivity index (χ0v) is 10.7. The van der Waals surface area contributed by atoms with E-state index in [9.17, 15) is 4.79 Å². The maximum Gasteiger partial charge on any atom is 0.244 e. The van der Waals surface area contributed by atoms with Gasteiger partial charge in [-0.3, -0.25) is 4.79 Å². The molecule has 1 aromatic rings. The summed E-state index contributed by atoms with van der Waals surface area (Å²) in [7, 11) is 0. The molecule has 1 aliphatic rings. The van der Waals surface area contributed by atoms with E-state index in [1.807, 2.05) is 42.2 Å². The fraction of sp³-hybridized carbons (Fsp3) is 0.500. The fourth-order valence-electron chi connectivity index (χ4n) is 2.19. The van der Waals surface area contributed by atoms with Crippen molar-refractivity contribution in [2.24, 2.45) is 5.73 Å². The van der Waals surface area contributed by atoms with E-state index in [0.29, 0.717) is 13.2 Å². The number of hydrogen-bond acceptors (Lipinski definition) is 3. The first-order valence-corrected chi connectivity index (χ1v) is 6.39. The fourth-order valence-corrected chi connectivity index (χ4v) is 2.19. The molecule has 1 aliphatic heterocycles. The van der Waals surface area contributed by atoms with Crippen LogP contribution in [0.2, 0.25) is 0 Å². The van der Waals surface area contributed by atoms with Crippen molar-refractivity contribution in [1.82, 2.24) is 4.90 Å². The van der Waals surface area contributed by atoms with Gasteiger partial charge in [0.2, 0.25) is 5.91 Å². The Morgan fingerprint density at radius 3 is 2.89 bits per heavy atom. The third-order valence-electron chi connectivity index (χ3n) is 3.19. The summed E-state index contributed by atoms with van der Waals surface area (Å²) in [6, 6.07) is 8.92. The molecule has 1 saturated heterocycles. The van der Waals surface area contributed by atoms with Crippen molar-refractivity contribution >= 4 is 5.91 Å². The topological polar surface area (TPSA) is 55.6 Å². The average molecular weight is 248 g/mol. The predicted octanol–water partition coefficient (Wildman–Crippen LogP) is 1.32. The van der Waals surface area contributed by atoms with Crippen LogP contribution in [-0.4, -0.2) is 36.6 Å². The van der Waals surface area contributed by atoms with Gasteiger partial charge in [-0.15, -0.1) is 0 Å². The van der Waals surface area contributed by atoms with E-state index in [1.165, 1.54) is 0 Å². The lowest BCUT2D eigenvalue weighted by Gasteiger charge is -2.25.